The quantitative estimate of drug-likeness (QED) is 0.916. The van der Waals surface area contributed by atoms with Crippen LogP contribution in [0, 0.1) is 5.41 Å². The number of ether oxygens (including phenoxy) is 1. The number of rotatable bonds is 3. The molecule has 2 aliphatic rings. The van der Waals surface area contributed by atoms with E-state index in [1.54, 1.807) is 11.3 Å². The van der Waals surface area contributed by atoms with Crippen molar-refractivity contribution in [1.29, 1.82) is 0 Å². The highest BCUT2D eigenvalue weighted by molar-refractivity contribution is 7.19. The average Bonchev–Trinajstić information content (AvgIpc) is 3.20. The van der Waals surface area contributed by atoms with Gasteiger partial charge >= 0.3 is 0 Å². The Balaban J connectivity index is 1.81. The van der Waals surface area contributed by atoms with E-state index >= 15 is 0 Å². The van der Waals surface area contributed by atoms with Gasteiger partial charge in [0.05, 0.1) is 12.2 Å². The Kier molecular flexibility index (Phi) is 2.95. The van der Waals surface area contributed by atoms with Gasteiger partial charge in [-0.1, -0.05) is 18.2 Å². The lowest BCUT2D eigenvalue weighted by Gasteiger charge is -2.45. The molecule has 21 heavy (non-hydrogen) atoms. The van der Waals surface area contributed by atoms with E-state index in [4.69, 9.17) is 10.5 Å². The molecule has 4 atom stereocenters. The number of fused-ring (bicyclic) bond motifs is 3. The minimum atomic E-state index is -0.939. The van der Waals surface area contributed by atoms with E-state index in [1.807, 2.05) is 19.1 Å². The van der Waals surface area contributed by atoms with Gasteiger partial charge in [-0.3, -0.25) is 0 Å². The Hall–Kier alpha value is -0.940. The molecule has 1 aromatic carbocycles. The number of benzene rings is 1. The molecule has 2 fully saturated rings. The highest BCUT2D eigenvalue weighted by Crippen LogP contribution is 2.57. The molecule has 0 spiro atoms. The first kappa shape index (κ1) is 13.7. The summed E-state index contributed by atoms with van der Waals surface area (Å²) in [5.41, 5.74) is 4.85. The fourth-order valence-electron chi connectivity index (χ4n) is 4.19. The van der Waals surface area contributed by atoms with Crippen LogP contribution in [0.5, 0.6) is 0 Å². The second-order valence-corrected chi connectivity index (χ2v) is 7.69. The molecule has 4 heteroatoms. The lowest BCUT2D eigenvalue weighted by atomic mass is 9.63. The van der Waals surface area contributed by atoms with Gasteiger partial charge in [0, 0.05) is 21.5 Å². The van der Waals surface area contributed by atoms with Crippen molar-refractivity contribution in [3.63, 3.8) is 0 Å². The van der Waals surface area contributed by atoms with Gasteiger partial charge in [0.25, 0.3) is 0 Å². The van der Waals surface area contributed by atoms with Crippen molar-refractivity contribution < 1.29 is 9.84 Å². The Morgan fingerprint density at radius 2 is 2.24 bits per heavy atom. The standard InChI is InChI=1S/C17H21NO2S/c1-16(19,15-8-11-4-2-3-5-13(11)21-15)17(10-18)9-12-6-7-14(17)20-12/h2-5,8,12,14,19H,6-7,9-10,18H2,1H3. The van der Waals surface area contributed by atoms with Crippen molar-refractivity contribution in [3.8, 4) is 0 Å². The summed E-state index contributed by atoms with van der Waals surface area (Å²) in [7, 11) is 0. The van der Waals surface area contributed by atoms with E-state index in [1.165, 1.54) is 10.1 Å². The van der Waals surface area contributed by atoms with Crippen LogP contribution in [-0.2, 0) is 10.3 Å². The number of aliphatic hydroxyl groups is 1. The monoisotopic (exact) mass is 303 g/mol. The van der Waals surface area contributed by atoms with Gasteiger partial charge in [0.1, 0.15) is 5.60 Å². The average molecular weight is 303 g/mol. The molecule has 2 aliphatic heterocycles. The number of hydrogen-bond donors (Lipinski definition) is 2. The van der Waals surface area contributed by atoms with Crippen LogP contribution < -0.4 is 5.73 Å². The van der Waals surface area contributed by atoms with Gasteiger partial charge in [0.2, 0.25) is 0 Å². The highest BCUT2D eigenvalue weighted by atomic mass is 32.1. The summed E-state index contributed by atoms with van der Waals surface area (Å²) in [5.74, 6) is 0. The molecule has 2 saturated heterocycles. The highest BCUT2D eigenvalue weighted by Gasteiger charge is 2.61. The maximum Gasteiger partial charge on any atom is 0.105 e. The van der Waals surface area contributed by atoms with E-state index in [0.717, 1.165) is 24.1 Å². The second kappa shape index (κ2) is 4.53. The van der Waals surface area contributed by atoms with Crippen molar-refractivity contribution >= 4 is 21.4 Å². The number of thiophene rings is 1. The summed E-state index contributed by atoms with van der Waals surface area (Å²) < 4.78 is 7.24. The third-order valence-corrected chi connectivity index (χ3v) is 6.88. The predicted molar refractivity (Wildman–Crippen MR) is 85.4 cm³/mol. The normalized spacial score (nSPS) is 34.4. The van der Waals surface area contributed by atoms with Gasteiger partial charge in [0.15, 0.2) is 0 Å². The third kappa shape index (κ3) is 1.77. The topological polar surface area (TPSA) is 55.5 Å². The van der Waals surface area contributed by atoms with Gasteiger partial charge in [-0.25, -0.2) is 0 Å². The van der Waals surface area contributed by atoms with Gasteiger partial charge in [-0.15, -0.1) is 11.3 Å². The molecule has 1 aromatic heterocycles. The van der Waals surface area contributed by atoms with Crippen molar-refractivity contribution in [2.75, 3.05) is 6.54 Å². The van der Waals surface area contributed by atoms with Gasteiger partial charge in [-0.05, 0) is 43.7 Å². The van der Waals surface area contributed by atoms with Crippen LogP contribution in [0.4, 0.5) is 0 Å². The maximum absolute atomic E-state index is 11.4. The van der Waals surface area contributed by atoms with Crippen molar-refractivity contribution in [2.45, 2.75) is 44.0 Å². The van der Waals surface area contributed by atoms with Crippen LogP contribution in [-0.4, -0.2) is 23.9 Å². The summed E-state index contributed by atoms with van der Waals surface area (Å²) in [5, 5.41) is 12.6. The molecule has 0 amide bonds. The van der Waals surface area contributed by atoms with E-state index < -0.39 is 5.60 Å². The van der Waals surface area contributed by atoms with Crippen LogP contribution >= 0.6 is 11.3 Å². The predicted octanol–water partition coefficient (Wildman–Crippen LogP) is 3.01. The summed E-state index contributed by atoms with van der Waals surface area (Å²) in [6.45, 7) is 2.39. The van der Waals surface area contributed by atoms with Crippen LogP contribution in [0.25, 0.3) is 10.1 Å². The largest absolute Gasteiger partial charge is 0.384 e. The fraction of sp³-hybridized carbons (Fsp3) is 0.529. The third-order valence-electron chi connectivity index (χ3n) is 5.55. The zero-order valence-corrected chi connectivity index (χ0v) is 13.0. The fourth-order valence-corrected chi connectivity index (χ4v) is 5.41. The lowest BCUT2D eigenvalue weighted by Crippen LogP contribution is -2.54. The molecular formula is C17H21NO2S. The molecule has 0 aliphatic carbocycles. The molecule has 4 rings (SSSR count). The zero-order chi connectivity index (χ0) is 14.7. The first-order valence-electron chi connectivity index (χ1n) is 7.64. The minimum absolute atomic E-state index is 0.0905. The van der Waals surface area contributed by atoms with E-state index in [-0.39, 0.29) is 17.6 Å². The van der Waals surface area contributed by atoms with E-state index in [0.29, 0.717) is 6.54 Å². The molecule has 2 bridgehead atoms. The smallest absolute Gasteiger partial charge is 0.105 e. The van der Waals surface area contributed by atoms with Crippen LogP contribution in [0.15, 0.2) is 30.3 Å². The van der Waals surface area contributed by atoms with Crippen molar-refractivity contribution in [3.05, 3.63) is 35.2 Å². The van der Waals surface area contributed by atoms with E-state index in [2.05, 4.69) is 18.2 Å². The van der Waals surface area contributed by atoms with Crippen LogP contribution in [0.3, 0.4) is 0 Å². The molecule has 112 valence electrons. The minimum Gasteiger partial charge on any atom is -0.384 e. The first-order chi connectivity index (χ1) is 10.1. The van der Waals surface area contributed by atoms with Crippen LogP contribution in [0.1, 0.15) is 31.1 Å². The Bertz CT molecular complexity index is 647. The summed E-state index contributed by atoms with van der Waals surface area (Å²) in [6.07, 6.45) is 3.36. The SMILES string of the molecule is CC(O)(c1cc2ccccc2s1)C1(CN)CC2CCC1O2. The zero-order valence-electron chi connectivity index (χ0n) is 12.2. The number of nitrogens with two attached hydrogens (primary N) is 1. The lowest BCUT2D eigenvalue weighted by molar-refractivity contribution is -0.102. The Labute approximate surface area is 128 Å². The maximum atomic E-state index is 11.4. The van der Waals surface area contributed by atoms with Gasteiger partial charge in [-0.2, -0.15) is 0 Å². The summed E-state index contributed by atoms with van der Waals surface area (Å²) in [4.78, 5) is 1.00. The second-order valence-electron chi connectivity index (χ2n) is 6.61. The van der Waals surface area contributed by atoms with Crippen molar-refractivity contribution in [1.82, 2.24) is 0 Å². The molecule has 0 saturated carbocycles. The molecule has 3 nitrogen and oxygen atoms in total. The molecule has 3 heterocycles. The van der Waals surface area contributed by atoms with Gasteiger partial charge < -0.3 is 15.6 Å². The Morgan fingerprint density at radius 1 is 1.43 bits per heavy atom. The van der Waals surface area contributed by atoms with E-state index in [9.17, 15) is 5.11 Å². The van der Waals surface area contributed by atoms with Crippen molar-refractivity contribution in [2.24, 2.45) is 11.1 Å². The first-order valence-corrected chi connectivity index (χ1v) is 8.45. The molecular weight excluding hydrogens is 282 g/mol. The summed E-state index contributed by atoms with van der Waals surface area (Å²) in [6, 6.07) is 10.4. The molecule has 4 unspecified atom stereocenters. The Morgan fingerprint density at radius 3 is 2.86 bits per heavy atom. The van der Waals surface area contributed by atoms with Crippen LogP contribution in [0.2, 0.25) is 0 Å². The molecule has 2 aromatic rings. The molecule has 3 N–H and O–H groups in total. The summed E-state index contributed by atoms with van der Waals surface area (Å²) >= 11 is 1.67. The number of hydrogen-bond acceptors (Lipinski definition) is 4. The molecule has 0 radical (unpaired) electrons.